The lowest BCUT2D eigenvalue weighted by Gasteiger charge is -2.29. The van der Waals surface area contributed by atoms with Crippen molar-refractivity contribution < 1.29 is 4.79 Å². The molecule has 0 saturated carbocycles. The average Bonchev–Trinajstić information content (AvgIpc) is 2.51. The van der Waals surface area contributed by atoms with E-state index in [0.29, 0.717) is 5.92 Å². The zero-order valence-electron chi connectivity index (χ0n) is 12.1. The molecule has 1 heteroatoms. The van der Waals surface area contributed by atoms with E-state index in [9.17, 15) is 4.79 Å². The molecule has 0 N–H and O–H groups in total. The van der Waals surface area contributed by atoms with Gasteiger partial charge in [-0.1, -0.05) is 44.6 Å². The smallest absolute Gasteiger partial charge is 0.139 e. The van der Waals surface area contributed by atoms with Gasteiger partial charge in [0.15, 0.2) is 0 Å². The molecule has 0 amide bonds. The van der Waals surface area contributed by atoms with E-state index in [2.05, 4.69) is 45.9 Å². The van der Waals surface area contributed by atoms with E-state index in [1.54, 1.807) is 6.92 Å². The highest BCUT2D eigenvalue weighted by atomic mass is 16.1. The summed E-state index contributed by atoms with van der Waals surface area (Å²) in [5, 5.41) is 0. The van der Waals surface area contributed by atoms with E-state index in [0.717, 1.165) is 12.8 Å². The van der Waals surface area contributed by atoms with Crippen molar-refractivity contribution in [2.45, 2.75) is 54.4 Å². The first-order chi connectivity index (χ1) is 7.74. The largest absolute Gasteiger partial charge is 0.299 e. The van der Waals surface area contributed by atoms with Crippen LogP contribution in [0.25, 0.3) is 0 Å². The maximum absolute atomic E-state index is 11.7. The number of allylic oxidation sites excluding steroid dienone is 4. The molecule has 1 unspecified atom stereocenters. The summed E-state index contributed by atoms with van der Waals surface area (Å²) in [7, 11) is 0. The molecule has 1 nitrogen and oxygen atoms in total. The Bertz CT molecular complexity index is 360. The fourth-order valence-electron chi connectivity index (χ4n) is 2.29. The van der Waals surface area contributed by atoms with Crippen molar-refractivity contribution in [1.82, 2.24) is 0 Å². The Morgan fingerprint density at radius 3 is 2.53 bits per heavy atom. The van der Waals surface area contributed by atoms with Crippen LogP contribution in [0.3, 0.4) is 0 Å². The summed E-state index contributed by atoms with van der Waals surface area (Å²) in [6.07, 6.45) is 8.70. The molecule has 0 aliphatic heterocycles. The van der Waals surface area contributed by atoms with E-state index in [1.807, 2.05) is 6.92 Å². The van der Waals surface area contributed by atoms with Crippen LogP contribution >= 0.6 is 0 Å². The maximum atomic E-state index is 11.7. The maximum Gasteiger partial charge on any atom is 0.139 e. The van der Waals surface area contributed by atoms with Crippen LogP contribution in [0.4, 0.5) is 0 Å². The molecule has 0 fully saturated rings. The topological polar surface area (TPSA) is 17.1 Å². The van der Waals surface area contributed by atoms with Gasteiger partial charge in [0.1, 0.15) is 5.78 Å². The van der Waals surface area contributed by atoms with Gasteiger partial charge in [-0.25, -0.2) is 0 Å². The second kappa shape index (κ2) is 4.80. The van der Waals surface area contributed by atoms with E-state index in [4.69, 9.17) is 0 Å². The SMILES string of the molecule is CCC(C)(C=C[C@@H]1CC=C(C)C1(C)C)C(C)=O. The Kier molecular flexibility index (Phi) is 4.01. The van der Waals surface area contributed by atoms with Crippen molar-refractivity contribution in [2.75, 3.05) is 0 Å². The first kappa shape index (κ1) is 14.2. The summed E-state index contributed by atoms with van der Waals surface area (Å²) >= 11 is 0. The molecule has 0 heterocycles. The number of carbonyl (C=O) groups is 1. The summed E-state index contributed by atoms with van der Waals surface area (Å²) in [6.45, 7) is 12.6. The number of rotatable bonds is 4. The molecule has 17 heavy (non-hydrogen) atoms. The highest BCUT2D eigenvalue weighted by Gasteiger charge is 2.34. The number of Topliss-reactive ketones (excluding diaryl/α,β-unsaturated/α-hetero) is 1. The number of hydrogen-bond donors (Lipinski definition) is 0. The van der Waals surface area contributed by atoms with Gasteiger partial charge in [0, 0.05) is 5.41 Å². The second-order valence-electron chi connectivity index (χ2n) is 6.14. The first-order valence-corrected chi connectivity index (χ1v) is 6.61. The summed E-state index contributed by atoms with van der Waals surface area (Å²) in [4.78, 5) is 11.7. The van der Waals surface area contributed by atoms with Gasteiger partial charge in [-0.05, 0) is 44.9 Å². The van der Waals surface area contributed by atoms with Crippen molar-refractivity contribution in [3.05, 3.63) is 23.8 Å². The third-order valence-corrected chi connectivity index (χ3v) is 4.86. The second-order valence-corrected chi connectivity index (χ2v) is 6.14. The number of carbonyl (C=O) groups excluding carboxylic acids is 1. The van der Waals surface area contributed by atoms with Crippen LogP contribution in [0.5, 0.6) is 0 Å². The van der Waals surface area contributed by atoms with Crippen LogP contribution in [-0.4, -0.2) is 5.78 Å². The summed E-state index contributed by atoms with van der Waals surface area (Å²) in [5.74, 6) is 0.796. The normalized spacial score (nSPS) is 26.9. The molecular formula is C16H26O. The van der Waals surface area contributed by atoms with Crippen molar-refractivity contribution >= 4 is 5.78 Å². The zero-order chi connectivity index (χ0) is 13.3. The van der Waals surface area contributed by atoms with Gasteiger partial charge in [0.2, 0.25) is 0 Å². The fraction of sp³-hybridized carbons (Fsp3) is 0.688. The molecule has 1 rings (SSSR count). The summed E-state index contributed by atoms with van der Waals surface area (Å²) in [5.41, 5.74) is 1.42. The Hall–Kier alpha value is -0.850. The van der Waals surface area contributed by atoms with Crippen LogP contribution in [0, 0.1) is 16.7 Å². The molecule has 96 valence electrons. The van der Waals surface area contributed by atoms with Crippen LogP contribution in [-0.2, 0) is 4.79 Å². The van der Waals surface area contributed by atoms with Crippen LogP contribution in [0.15, 0.2) is 23.8 Å². The van der Waals surface area contributed by atoms with Gasteiger partial charge >= 0.3 is 0 Å². The molecule has 0 radical (unpaired) electrons. The van der Waals surface area contributed by atoms with Gasteiger partial charge in [-0.2, -0.15) is 0 Å². The zero-order valence-corrected chi connectivity index (χ0v) is 12.1. The average molecular weight is 234 g/mol. The van der Waals surface area contributed by atoms with E-state index in [1.165, 1.54) is 5.57 Å². The molecule has 1 aliphatic carbocycles. The van der Waals surface area contributed by atoms with E-state index in [-0.39, 0.29) is 16.6 Å². The van der Waals surface area contributed by atoms with Crippen molar-refractivity contribution in [3.8, 4) is 0 Å². The monoisotopic (exact) mass is 234 g/mol. The molecular weight excluding hydrogens is 208 g/mol. The molecule has 0 aromatic rings. The third kappa shape index (κ3) is 2.70. The van der Waals surface area contributed by atoms with Gasteiger partial charge in [0.05, 0.1) is 0 Å². The van der Waals surface area contributed by atoms with Crippen molar-refractivity contribution in [1.29, 1.82) is 0 Å². The molecule has 2 atom stereocenters. The lowest BCUT2D eigenvalue weighted by molar-refractivity contribution is -0.123. The van der Waals surface area contributed by atoms with Gasteiger partial charge in [0.25, 0.3) is 0 Å². The molecule has 0 bridgehead atoms. The van der Waals surface area contributed by atoms with Gasteiger partial charge in [-0.15, -0.1) is 0 Å². The number of ketones is 1. The predicted molar refractivity (Wildman–Crippen MR) is 73.9 cm³/mol. The third-order valence-electron chi connectivity index (χ3n) is 4.86. The minimum absolute atomic E-state index is 0.238. The lowest BCUT2D eigenvalue weighted by Crippen LogP contribution is -2.24. The molecule has 0 spiro atoms. The lowest BCUT2D eigenvalue weighted by atomic mass is 9.75. The number of hydrogen-bond acceptors (Lipinski definition) is 1. The van der Waals surface area contributed by atoms with Gasteiger partial charge < -0.3 is 0 Å². The Balaban J connectivity index is 2.83. The molecule has 1 aliphatic rings. The summed E-state index contributed by atoms with van der Waals surface area (Å²) < 4.78 is 0. The molecule has 0 saturated heterocycles. The summed E-state index contributed by atoms with van der Waals surface area (Å²) in [6, 6.07) is 0. The van der Waals surface area contributed by atoms with Crippen LogP contribution < -0.4 is 0 Å². The minimum Gasteiger partial charge on any atom is -0.299 e. The standard InChI is InChI=1S/C16H26O/c1-7-16(6,13(3)17)11-10-14-9-8-12(2)15(14,4)5/h8,10-11,14H,7,9H2,1-6H3/t14-,16?/m0/s1. The quantitative estimate of drug-likeness (QED) is 0.653. The first-order valence-electron chi connectivity index (χ1n) is 6.61. The molecule has 0 aromatic heterocycles. The fourth-order valence-corrected chi connectivity index (χ4v) is 2.29. The predicted octanol–water partition coefficient (Wildman–Crippen LogP) is 4.54. The van der Waals surface area contributed by atoms with Crippen molar-refractivity contribution in [2.24, 2.45) is 16.7 Å². The Morgan fingerprint density at radius 2 is 2.18 bits per heavy atom. The van der Waals surface area contributed by atoms with E-state index < -0.39 is 0 Å². The highest BCUT2D eigenvalue weighted by Crippen LogP contribution is 2.44. The Labute approximate surface area is 106 Å². The minimum atomic E-state index is -0.285. The van der Waals surface area contributed by atoms with Gasteiger partial charge in [-0.3, -0.25) is 4.79 Å². The van der Waals surface area contributed by atoms with Crippen LogP contribution in [0.2, 0.25) is 0 Å². The molecule has 0 aromatic carbocycles. The Morgan fingerprint density at radius 1 is 1.59 bits per heavy atom. The highest BCUT2D eigenvalue weighted by molar-refractivity contribution is 5.83. The van der Waals surface area contributed by atoms with E-state index >= 15 is 0 Å². The van der Waals surface area contributed by atoms with Crippen LogP contribution in [0.1, 0.15) is 54.4 Å². The van der Waals surface area contributed by atoms with Crippen molar-refractivity contribution in [3.63, 3.8) is 0 Å².